The number of likely N-dealkylation sites (tertiary alicyclic amines) is 1. The van der Waals surface area contributed by atoms with Gasteiger partial charge in [-0.05, 0) is 49.4 Å². The van der Waals surface area contributed by atoms with Crippen molar-refractivity contribution in [1.82, 2.24) is 9.80 Å². The van der Waals surface area contributed by atoms with Crippen LogP contribution < -0.4 is 4.74 Å². The van der Waals surface area contributed by atoms with Crippen LogP contribution in [0, 0.1) is 17.7 Å². The van der Waals surface area contributed by atoms with Gasteiger partial charge >= 0.3 is 0 Å². The van der Waals surface area contributed by atoms with Crippen molar-refractivity contribution >= 4 is 5.91 Å². The Kier molecular flexibility index (Phi) is 4.57. The quantitative estimate of drug-likeness (QED) is 0.855. The van der Waals surface area contributed by atoms with Crippen LogP contribution in [0.15, 0.2) is 18.2 Å². The standard InChI is InChI=1S/C18H25FN2O2/c1-20(10-12-4-5-17(23-3)16(19)6-12)15-7-13-9-18(22)21(2)11-14(13)8-15/h4-6,13-15H,7-11H2,1-3H3/t13-,14+,15-/m1/s1. The Morgan fingerprint density at radius 3 is 2.78 bits per heavy atom. The summed E-state index contributed by atoms with van der Waals surface area (Å²) >= 11 is 0. The number of methoxy groups -OCH3 is 1. The summed E-state index contributed by atoms with van der Waals surface area (Å²) in [5.74, 6) is 1.36. The highest BCUT2D eigenvalue weighted by Gasteiger charge is 2.41. The molecule has 1 aliphatic carbocycles. The molecule has 3 rings (SSSR count). The van der Waals surface area contributed by atoms with Crippen LogP contribution in [0.5, 0.6) is 5.75 Å². The smallest absolute Gasteiger partial charge is 0.222 e. The molecule has 3 atom stereocenters. The molecule has 0 radical (unpaired) electrons. The van der Waals surface area contributed by atoms with E-state index in [4.69, 9.17) is 4.74 Å². The van der Waals surface area contributed by atoms with Crippen molar-refractivity contribution in [1.29, 1.82) is 0 Å². The predicted octanol–water partition coefficient (Wildman–Crippen LogP) is 2.52. The maximum absolute atomic E-state index is 13.8. The molecule has 1 amide bonds. The number of fused-ring (bicyclic) bond motifs is 1. The first-order valence-electron chi connectivity index (χ1n) is 8.24. The highest BCUT2D eigenvalue weighted by atomic mass is 19.1. The zero-order valence-corrected chi connectivity index (χ0v) is 14.1. The lowest BCUT2D eigenvalue weighted by atomic mass is 9.88. The summed E-state index contributed by atoms with van der Waals surface area (Å²) in [5.41, 5.74) is 0.953. The summed E-state index contributed by atoms with van der Waals surface area (Å²) in [6, 6.07) is 5.61. The van der Waals surface area contributed by atoms with Gasteiger partial charge in [0.1, 0.15) is 0 Å². The van der Waals surface area contributed by atoms with Crippen molar-refractivity contribution in [2.45, 2.75) is 31.8 Å². The van der Waals surface area contributed by atoms with Gasteiger partial charge in [0.15, 0.2) is 11.6 Å². The van der Waals surface area contributed by atoms with Crippen LogP contribution >= 0.6 is 0 Å². The summed E-state index contributed by atoms with van der Waals surface area (Å²) in [7, 11) is 5.47. The average molecular weight is 320 g/mol. The zero-order chi connectivity index (χ0) is 16.6. The van der Waals surface area contributed by atoms with Crippen molar-refractivity contribution in [3.05, 3.63) is 29.6 Å². The van der Waals surface area contributed by atoms with Crippen molar-refractivity contribution in [2.24, 2.45) is 11.8 Å². The largest absolute Gasteiger partial charge is 0.494 e. The molecule has 0 aromatic heterocycles. The summed E-state index contributed by atoms with van der Waals surface area (Å²) in [6.07, 6.45) is 2.87. The topological polar surface area (TPSA) is 32.8 Å². The average Bonchev–Trinajstić information content (AvgIpc) is 2.91. The minimum absolute atomic E-state index is 0.270. The number of benzene rings is 1. The number of hydrogen-bond donors (Lipinski definition) is 0. The fourth-order valence-corrected chi connectivity index (χ4v) is 4.07. The first kappa shape index (κ1) is 16.2. The van der Waals surface area contributed by atoms with Crippen LogP contribution in [0.3, 0.4) is 0 Å². The molecular weight excluding hydrogens is 295 g/mol. The summed E-state index contributed by atoms with van der Waals surface area (Å²) in [6.45, 7) is 1.60. The van der Waals surface area contributed by atoms with E-state index in [0.717, 1.165) is 31.5 Å². The third-order valence-corrected chi connectivity index (χ3v) is 5.46. The van der Waals surface area contributed by atoms with Gasteiger partial charge in [0.05, 0.1) is 7.11 Å². The molecule has 1 aromatic rings. The molecule has 0 unspecified atom stereocenters. The molecular formula is C18H25FN2O2. The van der Waals surface area contributed by atoms with Crippen LogP contribution in [-0.2, 0) is 11.3 Å². The number of carbonyl (C=O) groups excluding carboxylic acids is 1. The molecule has 0 bridgehead atoms. The third kappa shape index (κ3) is 3.34. The molecule has 1 saturated heterocycles. The number of ether oxygens (including phenoxy) is 1. The Balaban J connectivity index is 1.62. The highest BCUT2D eigenvalue weighted by molar-refractivity contribution is 5.77. The summed E-state index contributed by atoms with van der Waals surface area (Å²) in [5, 5.41) is 0. The molecule has 1 heterocycles. The van der Waals surface area contributed by atoms with Gasteiger partial charge < -0.3 is 9.64 Å². The molecule has 5 heteroatoms. The Morgan fingerprint density at radius 1 is 1.35 bits per heavy atom. The van der Waals surface area contributed by atoms with Gasteiger partial charge in [0.2, 0.25) is 5.91 Å². The van der Waals surface area contributed by atoms with Crippen LogP contribution in [0.4, 0.5) is 4.39 Å². The van der Waals surface area contributed by atoms with E-state index in [-0.39, 0.29) is 17.5 Å². The Morgan fingerprint density at radius 2 is 2.09 bits per heavy atom. The van der Waals surface area contributed by atoms with Gasteiger partial charge in [-0.15, -0.1) is 0 Å². The number of amides is 1. The molecule has 1 aliphatic heterocycles. The number of piperidine rings is 1. The van der Waals surface area contributed by atoms with E-state index in [1.807, 2.05) is 18.0 Å². The van der Waals surface area contributed by atoms with E-state index in [1.165, 1.54) is 7.11 Å². The van der Waals surface area contributed by atoms with Gasteiger partial charge in [-0.2, -0.15) is 0 Å². The van der Waals surface area contributed by atoms with Crippen LogP contribution in [0.1, 0.15) is 24.8 Å². The number of rotatable bonds is 4. The molecule has 2 fully saturated rings. The molecule has 0 N–H and O–H groups in total. The summed E-state index contributed by atoms with van der Waals surface area (Å²) in [4.78, 5) is 16.0. The van der Waals surface area contributed by atoms with Crippen molar-refractivity contribution in [3.63, 3.8) is 0 Å². The van der Waals surface area contributed by atoms with Crippen molar-refractivity contribution < 1.29 is 13.9 Å². The molecule has 23 heavy (non-hydrogen) atoms. The predicted molar refractivity (Wildman–Crippen MR) is 86.7 cm³/mol. The third-order valence-electron chi connectivity index (χ3n) is 5.46. The first-order chi connectivity index (χ1) is 11.0. The molecule has 126 valence electrons. The highest BCUT2D eigenvalue weighted by Crippen LogP contribution is 2.40. The second-order valence-corrected chi connectivity index (χ2v) is 7.01. The molecule has 1 aromatic carbocycles. The molecule has 1 saturated carbocycles. The minimum atomic E-state index is -0.314. The van der Waals surface area contributed by atoms with E-state index >= 15 is 0 Å². The van der Waals surface area contributed by atoms with Gasteiger partial charge in [-0.25, -0.2) is 4.39 Å². The normalized spacial score (nSPS) is 27.4. The Labute approximate surface area is 137 Å². The van der Waals surface area contributed by atoms with Crippen molar-refractivity contribution in [2.75, 3.05) is 27.7 Å². The van der Waals surface area contributed by atoms with Gasteiger partial charge in [0, 0.05) is 32.6 Å². The van der Waals surface area contributed by atoms with Crippen LogP contribution in [0.25, 0.3) is 0 Å². The molecule has 2 aliphatic rings. The Hall–Kier alpha value is -1.62. The molecule has 0 spiro atoms. The number of halogens is 1. The lowest BCUT2D eigenvalue weighted by molar-refractivity contribution is -0.134. The second kappa shape index (κ2) is 6.48. The van der Waals surface area contributed by atoms with Gasteiger partial charge in [0.25, 0.3) is 0 Å². The maximum Gasteiger partial charge on any atom is 0.222 e. The van der Waals surface area contributed by atoms with E-state index in [2.05, 4.69) is 11.9 Å². The Bertz CT molecular complexity index is 592. The maximum atomic E-state index is 13.8. The van der Waals surface area contributed by atoms with Crippen LogP contribution in [0.2, 0.25) is 0 Å². The SMILES string of the molecule is COc1ccc(CN(C)[C@@H]2C[C@@H]3CC(=O)N(C)C[C@@H]3C2)cc1F. The molecule has 4 nitrogen and oxygen atoms in total. The number of carbonyl (C=O) groups is 1. The van der Waals surface area contributed by atoms with E-state index in [1.54, 1.807) is 12.1 Å². The monoisotopic (exact) mass is 320 g/mol. The lowest BCUT2D eigenvalue weighted by Crippen LogP contribution is -2.39. The fourth-order valence-electron chi connectivity index (χ4n) is 4.07. The summed E-state index contributed by atoms with van der Waals surface area (Å²) < 4.78 is 18.8. The number of hydrogen-bond acceptors (Lipinski definition) is 3. The fraction of sp³-hybridized carbons (Fsp3) is 0.611. The number of nitrogens with zero attached hydrogens (tertiary/aromatic N) is 2. The second-order valence-electron chi connectivity index (χ2n) is 7.01. The minimum Gasteiger partial charge on any atom is -0.494 e. The van der Waals surface area contributed by atoms with Crippen LogP contribution in [-0.4, -0.2) is 49.5 Å². The lowest BCUT2D eigenvalue weighted by Gasteiger charge is -2.31. The van der Waals surface area contributed by atoms with E-state index in [0.29, 0.717) is 24.3 Å². The van der Waals surface area contributed by atoms with E-state index in [9.17, 15) is 9.18 Å². The zero-order valence-electron chi connectivity index (χ0n) is 14.1. The van der Waals surface area contributed by atoms with E-state index < -0.39 is 0 Å². The van der Waals surface area contributed by atoms with Gasteiger partial charge in [-0.1, -0.05) is 6.07 Å². The van der Waals surface area contributed by atoms with Crippen molar-refractivity contribution in [3.8, 4) is 5.75 Å². The first-order valence-corrected chi connectivity index (χ1v) is 8.24. The van der Waals surface area contributed by atoms with Gasteiger partial charge in [-0.3, -0.25) is 9.69 Å².